The zero-order valence-corrected chi connectivity index (χ0v) is 19.3. The monoisotopic (exact) mass is 446 g/mol. The molecule has 0 fully saturated rings. The van der Waals surface area contributed by atoms with Crippen molar-refractivity contribution in [3.05, 3.63) is 130 Å². The van der Waals surface area contributed by atoms with Gasteiger partial charge in [0.1, 0.15) is 0 Å². The number of benzene rings is 4. The van der Waals surface area contributed by atoms with Crippen molar-refractivity contribution in [1.29, 1.82) is 0 Å². The molecule has 9 rings (SSSR count). The Bertz CT molecular complexity index is 1750. The smallest absolute Gasteiger partial charge is 0.0680 e. The first kappa shape index (κ1) is 18.2. The molecular formula is C33H22N2. The van der Waals surface area contributed by atoms with Gasteiger partial charge >= 0.3 is 0 Å². The van der Waals surface area contributed by atoms with Gasteiger partial charge in [0.2, 0.25) is 0 Å². The SMILES string of the molecule is c1ccc2c(c1)Cc1c-2ccc2c1-c1cc3c4c(c1C2)Cc1ccccc1N4c1cnccc1C3. The number of anilines is 3. The van der Waals surface area contributed by atoms with E-state index in [4.69, 9.17) is 0 Å². The first-order valence-corrected chi connectivity index (χ1v) is 12.6. The summed E-state index contributed by atoms with van der Waals surface area (Å²) in [5, 5.41) is 0. The molecule has 4 aliphatic rings. The maximum absolute atomic E-state index is 4.52. The topological polar surface area (TPSA) is 16.1 Å². The Kier molecular flexibility index (Phi) is 3.27. The van der Waals surface area contributed by atoms with Crippen LogP contribution >= 0.6 is 0 Å². The van der Waals surface area contributed by atoms with Crippen LogP contribution in [-0.4, -0.2) is 4.98 Å². The second-order valence-electron chi connectivity index (χ2n) is 10.3. The standard InChI is InChI=1S/C33H22N2/c1-3-7-24-19(5-1)14-27-25(24)10-9-22-16-26-28(32(22)27)17-23-13-21-11-12-34-18-31(21)35-30-8-4-2-6-20(30)15-29(26)33(23)35/h1-12,17-18H,13-16H2. The van der Waals surface area contributed by atoms with Gasteiger partial charge in [-0.3, -0.25) is 4.98 Å². The number of fused-ring (bicyclic) bond motifs is 12. The van der Waals surface area contributed by atoms with Crippen molar-refractivity contribution in [2.45, 2.75) is 25.7 Å². The second kappa shape index (κ2) is 6.28. The zero-order valence-electron chi connectivity index (χ0n) is 19.3. The van der Waals surface area contributed by atoms with Crippen LogP contribution in [-0.2, 0) is 25.7 Å². The van der Waals surface area contributed by atoms with Gasteiger partial charge < -0.3 is 4.90 Å². The van der Waals surface area contributed by atoms with Gasteiger partial charge in [-0.25, -0.2) is 0 Å². The molecule has 0 saturated carbocycles. The third-order valence-electron chi connectivity index (χ3n) is 8.64. The molecular weight excluding hydrogens is 424 g/mol. The zero-order chi connectivity index (χ0) is 22.7. The molecule has 4 aromatic carbocycles. The van der Waals surface area contributed by atoms with Gasteiger partial charge in [-0.2, -0.15) is 0 Å². The fourth-order valence-corrected chi connectivity index (χ4v) is 7.20. The van der Waals surface area contributed by atoms with Crippen molar-refractivity contribution in [3.63, 3.8) is 0 Å². The summed E-state index contributed by atoms with van der Waals surface area (Å²) in [6.07, 6.45) is 8.04. The lowest BCUT2D eigenvalue weighted by atomic mass is 9.82. The van der Waals surface area contributed by atoms with Gasteiger partial charge in [-0.15, -0.1) is 0 Å². The first-order valence-electron chi connectivity index (χ1n) is 12.6. The van der Waals surface area contributed by atoms with Crippen LogP contribution in [0.4, 0.5) is 17.1 Å². The second-order valence-corrected chi connectivity index (χ2v) is 10.3. The fraction of sp³-hybridized carbons (Fsp3) is 0.121. The van der Waals surface area contributed by atoms with E-state index in [1.807, 2.05) is 6.20 Å². The molecule has 0 N–H and O–H groups in total. The molecule has 35 heavy (non-hydrogen) atoms. The summed E-state index contributed by atoms with van der Waals surface area (Å²) in [5.41, 5.74) is 21.6. The van der Waals surface area contributed by atoms with Crippen molar-refractivity contribution in [1.82, 2.24) is 4.98 Å². The Balaban J connectivity index is 1.33. The molecule has 0 atom stereocenters. The summed E-state index contributed by atoms with van der Waals surface area (Å²) in [6, 6.07) is 27.4. The molecule has 0 spiro atoms. The van der Waals surface area contributed by atoms with E-state index in [-0.39, 0.29) is 0 Å². The van der Waals surface area contributed by atoms with Gasteiger partial charge in [0.15, 0.2) is 0 Å². The Labute approximate surface area is 204 Å². The van der Waals surface area contributed by atoms with Crippen LogP contribution in [0.3, 0.4) is 0 Å². The Morgan fingerprint density at radius 3 is 2.31 bits per heavy atom. The maximum atomic E-state index is 4.52. The highest BCUT2D eigenvalue weighted by atomic mass is 15.2. The van der Waals surface area contributed by atoms with Crippen LogP contribution in [0, 0.1) is 0 Å². The predicted molar refractivity (Wildman–Crippen MR) is 141 cm³/mol. The van der Waals surface area contributed by atoms with E-state index < -0.39 is 0 Å². The highest BCUT2D eigenvalue weighted by molar-refractivity contribution is 5.96. The molecule has 0 radical (unpaired) electrons. The molecule has 164 valence electrons. The number of hydrogen-bond acceptors (Lipinski definition) is 2. The van der Waals surface area contributed by atoms with E-state index in [1.54, 1.807) is 0 Å². The summed E-state index contributed by atoms with van der Waals surface area (Å²) in [6.45, 7) is 0. The molecule has 5 aromatic rings. The summed E-state index contributed by atoms with van der Waals surface area (Å²) < 4.78 is 0. The van der Waals surface area contributed by atoms with Crippen LogP contribution in [0.5, 0.6) is 0 Å². The highest BCUT2D eigenvalue weighted by Crippen LogP contribution is 2.56. The summed E-state index contributed by atoms with van der Waals surface area (Å²) >= 11 is 0. The molecule has 2 aliphatic heterocycles. The first-order chi connectivity index (χ1) is 17.3. The Morgan fingerprint density at radius 1 is 0.543 bits per heavy atom. The largest absolute Gasteiger partial charge is 0.308 e. The molecule has 3 heterocycles. The molecule has 0 amide bonds. The number of para-hydroxylation sites is 1. The molecule has 0 saturated heterocycles. The van der Waals surface area contributed by atoms with E-state index >= 15 is 0 Å². The van der Waals surface area contributed by atoms with Crippen LogP contribution in [0.2, 0.25) is 0 Å². The Morgan fingerprint density at radius 2 is 1.34 bits per heavy atom. The van der Waals surface area contributed by atoms with Crippen molar-refractivity contribution in [3.8, 4) is 22.3 Å². The Hall–Kier alpha value is -4.17. The molecule has 0 unspecified atom stereocenters. The fourth-order valence-electron chi connectivity index (χ4n) is 7.20. The van der Waals surface area contributed by atoms with E-state index in [0.29, 0.717) is 0 Å². The lowest BCUT2D eigenvalue weighted by molar-refractivity contribution is 0.986. The quantitative estimate of drug-likeness (QED) is 0.240. The van der Waals surface area contributed by atoms with Crippen LogP contribution < -0.4 is 4.90 Å². The summed E-state index contributed by atoms with van der Waals surface area (Å²) in [5.74, 6) is 0. The minimum atomic E-state index is 0.969. The van der Waals surface area contributed by atoms with Crippen LogP contribution in [0.1, 0.15) is 44.5 Å². The van der Waals surface area contributed by atoms with E-state index in [9.17, 15) is 0 Å². The van der Waals surface area contributed by atoms with Gasteiger partial charge in [0, 0.05) is 24.7 Å². The van der Waals surface area contributed by atoms with Gasteiger partial charge in [0.25, 0.3) is 0 Å². The number of hydrogen-bond donors (Lipinski definition) is 0. The van der Waals surface area contributed by atoms with Crippen LogP contribution in [0.25, 0.3) is 22.3 Å². The van der Waals surface area contributed by atoms with Crippen molar-refractivity contribution in [2.75, 3.05) is 4.90 Å². The van der Waals surface area contributed by atoms with Crippen molar-refractivity contribution < 1.29 is 0 Å². The van der Waals surface area contributed by atoms with Crippen LogP contribution in [0.15, 0.2) is 85.2 Å². The third kappa shape index (κ3) is 2.23. The van der Waals surface area contributed by atoms with E-state index in [0.717, 1.165) is 25.7 Å². The van der Waals surface area contributed by atoms with Gasteiger partial charge in [0.05, 0.1) is 17.6 Å². The molecule has 2 heteroatoms. The van der Waals surface area contributed by atoms with Gasteiger partial charge in [-0.05, 0) is 97.8 Å². The normalized spacial score (nSPS) is 14.9. The minimum absolute atomic E-state index is 0.969. The van der Waals surface area contributed by atoms with Gasteiger partial charge in [-0.1, -0.05) is 54.6 Å². The number of nitrogens with zero attached hydrogens (tertiary/aromatic N) is 2. The third-order valence-corrected chi connectivity index (χ3v) is 8.64. The van der Waals surface area contributed by atoms with Crippen molar-refractivity contribution in [2.24, 2.45) is 0 Å². The molecule has 2 aliphatic carbocycles. The number of pyridine rings is 1. The average Bonchev–Trinajstić information content (AvgIpc) is 3.47. The summed E-state index contributed by atoms with van der Waals surface area (Å²) in [4.78, 5) is 7.02. The van der Waals surface area contributed by atoms with Crippen molar-refractivity contribution >= 4 is 17.1 Å². The van der Waals surface area contributed by atoms with E-state index in [1.165, 1.54) is 83.8 Å². The van der Waals surface area contributed by atoms with E-state index in [2.05, 4.69) is 88.9 Å². The number of rotatable bonds is 0. The minimum Gasteiger partial charge on any atom is -0.308 e. The number of aromatic nitrogens is 1. The average molecular weight is 447 g/mol. The summed E-state index contributed by atoms with van der Waals surface area (Å²) in [7, 11) is 0. The highest BCUT2D eigenvalue weighted by Gasteiger charge is 2.37. The predicted octanol–water partition coefficient (Wildman–Crippen LogP) is 7.50. The lowest BCUT2D eigenvalue weighted by Gasteiger charge is -2.40. The molecule has 1 aromatic heterocycles. The lowest BCUT2D eigenvalue weighted by Crippen LogP contribution is -2.25. The molecule has 0 bridgehead atoms. The maximum Gasteiger partial charge on any atom is 0.0680 e. The molecule has 2 nitrogen and oxygen atoms in total.